The van der Waals surface area contributed by atoms with E-state index in [2.05, 4.69) is 29.2 Å². The molecule has 8 heteroatoms. The van der Waals surface area contributed by atoms with Crippen molar-refractivity contribution < 1.29 is 14.3 Å². The second kappa shape index (κ2) is 9.14. The highest BCUT2D eigenvalue weighted by Gasteiger charge is 2.36. The molecule has 0 amide bonds. The zero-order valence-corrected chi connectivity index (χ0v) is 17.5. The molecule has 0 radical (unpaired) electrons. The summed E-state index contributed by atoms with van der Waals surface area (Å²) in [7, 11) is 1.62. The van der Waals surface area contributed by atoms with E-state index in [0.29, 0.717) is 34.7 Å². The number of benzene rings is 1. The lowest BCUT2D eigenvalue weighted by molar-refractivity contribution is -0.139. The molecule has 1 aromatic carbocycles. The molecule has 0 bridgehead atoms. The van der Waals surface area contributed by atoms with E-state index >= 15 is 0 Å². The van der Waals surface area contributed by atoms with Crippen molar-refractivity contribution in [2.24, 2.45) is 0 Å². The third-order valence-corrected chi connectivity index (χ3v) is 5.21. The Kier molecular flexibility index (Phi) is 6.61. The van der Waals surface area contributed by atoms with Gasteiger partial charge in [-0.15, -0.1) is 5.10 Å². The first kappa shape index (κ1) is 20.3. The number of methoxy groups -OCH3 is 1. The number of nitrogens with one attached hydrogen (secondary N) is 1. The highest BCUT2D eigenvalue weighted by atomic mass is 32.2. The molecule has 1 unspecified atom stereocenters. The molecule has 0 saturated heterocycles. The zero-order valence-electron chi connectivity index (χ0n) is 16.7. The number of carbonyl (C=O) groups excluding carboxylic acids is 1. The fraction of sp³-hybridized carbons (Fsp3) is 0.450. The van der Waals surface area contributed by atoms with E-state index in [1.807, 2.05) is 31.2 Å². The lowest BCUT2D eigenvalue weighted by atomic mass is 9.95. The van der Waals surface area contributed by atoms with Crippen molar-refractivity contribution in [3.63, 3.8) is 0 Å². The monoisotopic (exact) mass is 402 g/mol. The molecule has 0 spiro atoms. The number of thioether (sulfide) groups is 1. The van der Waals surface area contributed by atoms with Gasteiger partial charge in [0.2, 0.25) is 11.1 Å². The normalized spacial score (nSPS) is 15.8. The summed E-state index contributed by atoms with van der Waals surface area (Å²) in [6, 6.07) is 7.18. The Balaban J connectivity index is 2.09. The van der Waals surface area contributed by atoms with E-state index in [4.69, 9.17) is 9.47 Å². The third kappa shape index (κ3) is 4.01. The smallest absolute Gasteiger partial charge is 0.338 e. The van der Waals surface area contributed by atoms with Crippen LogP contribution in [0, 0.1) is 0 Å². The molecule has 1 N–H and O–H groups in total. The summed E-state index contributed by atoms with van der Waals surface area (Å²) in [6.45, 7) is 6.37. The molecular formula is C20H26N4O3S. The van der Waals surface area contributed by atoms with Crippen molar-refractivity contribution in [1.29, 1.82) is 0 Å². The van der Waals surface area contributed by atoms with Gasteiger partial charge >= 0.3 is 5.97 Å². The highest BCUT2D eigenvalue weighted by Crippen LogP contribution is 2.40. The van der Waals surface area contributed by atoms with Crippen molar-refractivity contribution in [3.05, 3.63) is 41.1 Å². The van der Waals surface area contributed by atoms with E-state index in [9.17, 15) is 4.79 Å². The van der Waals surface area contributed by atoms with Crippen molar-refractivity contribution in [1.82, 2.24) is 14.8 Å². The molecule has 2 aromatic rings. The molecule has 1 atom stereocenters. The molecule has 1 aliphatic heterocycles. The van der Waals surface area contributed by atoms with Crippen LogP contribution in [0.2, 0.25) is 0 Å². The van der Waals surface area contributed by atoms with Crippen LogP contribution in [0.5, 0.6) is 5.75 Å². The van der Waals surface area contributed by atoms with Crippen LogP contribution in [0.4, 0.5) is 5.95 Å². The minimum atomic E-state index is -0.472. The van der Waals surface area contributed by atoms with Gasteiger partial charge in [0.15, 0.2) is 0 Å². The Hall–Kier alpha value is -2.48. The minimum absolute atomic E-state index is 0.347. The average molecular weight is 403 g/mol. The molecule has 150 valence electrons. The maximum atomic E-state index is 13.0. The van der Waals surface area contributed by atoms with Crippen LogP contribution in [-0.2, 0) is 9.53 Å². The molecule has 1 aromatic heterocycles. The molecule has 7 nitrogen and oxygen atoms in total. The number of para-hydroxylation sites is 1. The van der Waals surface area contributed by atoms with E-state index < -0.39 is 6.04 Å². The number of carbonyl (C=O) groups is 1. The quantitative estimate of drug-likeness (QED) is 0.406. The molecular weight excluding hydrogens is 376 g/mol. The summed E-state index contributed by atoms with van der Waals surface area (Å²) in [5, 5.41) is 8.52. The molecule has 3 rings (SSSR count). The van der Waals surface area contributed by atoms with Crippen LogP contribution in [0.1, 0.15) is 45.2 Å². The molecule has 28 heavy (non-hydrogen) atoms. The molecule has 2 heterocycles. The summed E-state index contributed by atoms with van der Waals surface area (Å²) in [6.07, 6.45) is 1.79. The number of fused-ring (bicyclic) bond motifs is 1. The van der Waals surface area contributed by atoms with Crippen LogP contribution >= 0.6 is 11.8 Å². The van der Waals surface area contributed by atoms with Gasteiger partial charge in [-0.2, -0.15) is 4.98 Å². The summed E-state index contributed by atoms with van der Waals surface area (Å²) in [4.78, 5) is 17.5. The maximum Gasteiger partial charge on any atom is 0.338 e. The van der Waals surface area contributed by atoms with Gasteiger partial charge in [-0.3, -0.25) is 0 Å². The number of hydrogen-bond donors (Lipinski definition) is 1. The average Bonchev–Trinajstić information content (AvgIpc) is 3.09. The van der Waals surface area contributed by atoms with Gasteiger partial charge in [-0.05, 0) is 25.2 Å². The van der Waals surface area contributed by atoms with Gasteiger partial charge in [0, 0.05) is 11.3 Å². The first-order chi connectivity index (χ1) is 13.6. The van der Waals surface area contributed by atoms with Gasteiger partial charge in [0.25, 0.3) is 0 Å². The number of esters is 1. The Morgan fingerprint density at radius 3 is 2.82 bits per heavy atom. The Labute approximate surface area is 169 Å². The predicted octanol–water partition coefficient (Wildman–Crippen LogP) is 4.03. The predicted molar refractivity (Wildman–Crippen MR) is 110 cm³/mol. The maximum absolute atomic E-state index is 13.0. The largest absolute Gasteiger partial charge is 0.496 e. The van der Waals surface area contributed by atoms with Crippen molar-refractivity contribution in [2.45, 2.75) is 44.8 Å². The minimum Gasteiger partial charge on any atom is -0.496 e. The number of nitrogens with zero attached hydrogens (tertiary/aromatic N) is 3. The van der Waals surface area contributed by atoms with Gasteiger partial charge in [-0.25, -0.2) is 9.48 Å². The van der Waals surface area contributed by atoms with E-state index in [0.717, 1.165) is 24.2 Å². The van der Waals surface area contributed by atoms with E-state index in [1.165, 1.54) is 0 Å². The number of aromatic nitrogens is 3. The van der Waals surface area contributed by atoms with E-state index in [-0.39, 0.29) is 5.97 Å². The molecule has 1 aliphatic rings. The van der Waals surface area contributed by atoms with Crippen LogP contribution < -0.4 is 10.1 Å². The first-order valence-electron chi connectivity index (χ1n) is 9.47. The highest BCUT2D eigenvalue weighted by molar-refractivity contribution is 7.99. The number of hydrogen-bond acceptors (Lipinski definition) is 7. The Morgan fingerprint density at radius 2 is 2.11 bits per heavy atom. The summed E-state index contributed by atoms with van der Waals surface area (Å²) >= 11 is 1.55. The number of anilines is 1. The standard InChI is InChI=1S/C20H26N4O3S/c1-5-7-12-27-18(25)16-13(3)21-19-22-20(28-6-2)23-24(19)17(16)14-10-8-9-11-15(14)26-4/h8-11,17H,5-7,12H2,1-4H3,(H,21,22,23). The van der Waals surface area contributed by atoms with Gasteiger partial charge in [-0.1, -0.05) is 50.2 Å². The molecule has 0 saturated carbocycles. The van der Waals surface area contributed by atoms with Gasteiger partial charge in [0.05, 0.1) is 19.3 Å². The summed E-state index contributed by atoms with van der Waals surface area (Å²) in [5.74, 6) is 1.81. The van der Waals surface area contributed by atoms with Crippen LogP contribution in [0.25, 0.3) is 0 Å². The SMILES string of the molecule is CCCCOC(=O)C1=C(C)Nc2nc(SCC)nn2C1c1ccccc1OC. The third-order valence-electron chi connectivity index (χ3n) is 4.49. The lowest BCUT2D eigenvalue weighted by Gasteiger charge is -2.29. The molecule has 0 aliphatic carbocycles. The van der Waals surface area contributed by atoms with Crippen molar-refractivity contribution >= 4 is 23.7 Å². The van der Waals surface area contributed by atoms with E-state index in [1.54, 1.807) is 23.6 Å². The topological polar surface area (TPSA) is 78.3 Å². The number of unbranched alkanes of at least 4 members (excludes halogenated alkanes) is 1. The number of ether oxygens (including phenoxy) is 2. The molecule has 0 fully saturated rings. The summed E-state index contributed by atoms with van der Waals surface area (Å²) < 4.78 is 12.9. The number of allylic oxidation sites excluding steroid dienone is 1. The van der Waals surface area contributed by atoms with Crippen LogP contribution in [0.15, 0.2) is 40.7 Å². The van der Waals surface area contributed by atoms with Crippen molar-refractivity contribution in [3.8, 4) is 5.75 Å². The fourth-order valence-corrected chi connectivity index (χ4v) is 3.71. The summed E-state index contributed by atoms with van der Waals surface area (Å²) in [5.41, 5.74) is 2.07. The first-order valence-corrected chi connectivity index (χ1v) is 10.5. The number of rotatable bonds is 8. The lowest BCUT2D eigenvalue weighted by Crippen LogP contribution is -2.30. The van der Waals surface area contributed by atoms with Gasteiger partial charge < -0.3 is 14.8 Å². The Morgan fingerprint density at radius 1 is 1.32 bits per heavy atom. The Bertz CT molecular complexity index is 878. The van der Waals surface area contributed by atoms with Gasteiger partial charge in [0.1, 0.15) is 11.8 Å². The van der Waals surface area contributed by atoms with Crippen LogP contribution in [0.3, 0.4) is 0 Å². The fourth-order valence-electron chi connectivity index (χ4n) is 3.15. The zero-order chi connectivity index (χ0) is 20.1. The second-order valence-corrected chi connectivity index (χ2v) is 7.62. The van der Waals surface area contributed by atoms with Crippen molar-refractivity contribution in [2.75, 3.05) is 24.8 Å². The second-order valence-electron chi connectivity index (χ2n) is 6.39. The van der Waals surface area contributed by atoms with Crippen LogP contribution in [-0.4, -0.2) is 40.2 Å².